The van der Waals surface area contributed by atoms with Crippen LogP contribution >= 0.6 is 0 Å². The maximum absolute atomic E-state index is 12.8. The van der Waals surface area contributed by atoms with Crippen LogP contribution in [-0.2, 0) is 0 Å². The van der Waals surface area contributed by atoms with Gasteiger partial charge in [0.2, 0.25) is 0 Å². The molecule has 2 rings (SSSR count). The van der Waals surface area contributed by atoms with Crippen molar-refractivity contribution in [3.63, 3.8) is 0 Å². The second-order valence-electron chi connectivity index (χ2n) is 4.64. The summed E-state index contributed by atoms with van der Waals surface area (Å²) in [4.78, 5) is 2.10. The first-order valence-electron chi connectivity index (χ1n) is 6.43. The molecule has 0 bridgehead atoms. The van der Waals surface area contributed by atoms with Crippen molar-refractivity contribution in [2.24, 2.45) is 0 Å². The molecular formula is C16H19FN2. The van der Waals surface area contributed by atoms with E-state index < -0.39 is 0 Å². The van der Waals surface area contributed by atoms with Gasteiger partial charge in [-0.2, -0.15) is 0 Å². The van der Waals surface area contributed by atoms with Crippen molar-refractivity contribution < 1.29 is 4.39 Å². The van der Waals surface area contributed by atoms with Crippen molar-refractivity contribution in [2.75, 3.05) is 30.4 Å². The first-order chi connectivity index (χ1) is 9.16. The number of benzene rings is 2. The van der Waals surface area contributed by atoms with Gasteiger partial charge < -0.3 is 10.2 Å². The van der Waals surface area contributed by atoms with Crippen LogP contribution < -0.4 is 10.2 Å². The normalized spacial score (nSPS) is 10.3. The van der Waals surface area contributed by atoms with Crippen LogP contribution in [0.5, 0.6) is 0 Å². The Hall–Kier alpha value is -2.03. The predicted molar refractivity (Wildman–Crippen MR) is 79.3 cm³/mol. The number of hydrogen-bond acceptors (Lipinski definition) is 2. The Balaban J connectivity index is 1.86. The number of rotatable bonds is 5. The van der Waals surface area contributed by atoms with Crippen molar-refractivity contribution in [3.8, 4) is 0 Å². The fraction of sp³-hybridized carbons (Fsp3) is 0.250. The smallest absolute Gasteiger partial charge is 0.123 e. The second kappa shape index (κ2) is 6.23. The summed E-state index contributed by atoms with van der Waals surface area (Å²) in [6.07, 6.45) is 0. The summed E-state index contributed by atoms with van der Waals surface area (Å²) in [5, 5.41) is 3.41. The number of likely N-dealkylation sites (N-methyl/N-ethyl adjacent to an activating group) is 1. The van der Waals surface area contributed by atoms with Gasteiger partial charge in [0.1, 0.15) is 5.82 Å². The molecule has 2 aromatic rings. The Labute approximate surface area is 113 Å². The fourth-order valence-corrected chi connectivity index (χ4v) is 1.95. The number of nitrogens with zero attached hydrogens (tertiary/aromatic N) is 1. The topological polar surface area (TPSA) is 15.3 Å². The van der Waals surface area contributed by atoms with Gasteiger partial charge in [-0.15, -0.1) is 0 Å². The molecule has 0 aliphatic heterocycles. The lowest BCUT2D eigenvalue weighted by Crippen LogP contribution is -2.24. The number of aryl methyl sites for hydroxylation is 1. The van der Waals surface area contributed by atoms with Gasteiger partial charge >= 0.3 is 0 Å². The third-order valence-corrected chi connectivity index (χ3v) is 3.18. The maximum atomic E-state index is 12.8. The van der Waals surface area contributed by atoms with Gasteiger partial charge in [-0.05, 0) is 42.8 Å². The lowest BCUT2D eigenvalue weighted by Gasteiger charge is -2.20. The summed E-state index contributed by atoms with van der Waals surface area (Å²) in [6.45, 7) is 3.80. The van der Waals surface area contributed by atoms with E-state index in [0.29, 0.717) is 0 Å². The summed E-state index contributed by atoms with van der Waals surface area (Å²) in [6, 6.07) is 14.8. The zero-order chi connectivity index (χ0) is 13.7. The van der Waals surface area contributed by atoms with E-state index >= 15 is 0 Å². The molecule has 0 amide bonds. The third kappa shape index (κ3) is 3.71. The molecule has 0 heterocycles. The van der Waals surface area contributed by atoms with Gasteiger partial charge in [0.25, 0.3) is 0 Å². The standard InChI is InChI=1S/C16H19FN2/c1-13-5-3-4-6-16(13)18-11-12-19(2)15-9-7-14(17)8-10-15/h3-10,18H,11-12H2,1-2H3. The summed E-state index contributed by atoms with van der Waals surface area (Å²) < 4.78 is 12.8. The van der Waals surface area contributed by atoms with Crippen molar-refractivity contribution >= 4 is 11.4 Å². The van der Waals surface area contributed by atoms with Crippen LogP contribution in [0.1, 0.15) is 5.56 Å². The Morgan fingerprint density at radius 3 is 2.42 bits per heavy atom. The molecule has 0 fully saturated rings. The average molecular weight is 258 g/mol. The Bertz CT molecular complexity index is 523. The molecule has 1 N–H and O–H groups in total. The van der Waals surface area contributed by atoms with Gasteiger partial charge in [0.15, 0.2) is 0 Å². The van der Waals surface area contributed by atoms with Crippen LogP contribution in [0.2, 0.25) is 0 Å². The summed E-state index contributed by atoms with van der Waals surface area (Å²) >= 11 is 0. The molecule has 0 unspecified atom stereocenters. The molecule has 0 saturated heterocycles. The summed E-state index contributed by atoms with van der Waals surface area (Å²) in [5.74, 6) is -0.199. The first kappa shape index (κ1) is 13.4. The third-order valence-electron chi connectivity index (χ3n) is 3.18. The molecule has 0 aliphatic carbocycles. The molecule has 2 aromatic carbocycles. The monoisotopic (exact) mass is 258 g/mol. The number of hydrogen-bond donors (Lipinski definition) is 1. The van der Waals surface area contributed by atoms with Gasteiger partial charge in [-0.25, -0.2) is 4.39 Å². The van der Waals surface area contributed by atoms with E-state index in [4.69, 9.17) is 0 Å². The molecule has 2 nitrogen and oxygen atoms in total. The van der Waals surface area contributed by atoms with E-state index in [0.717, 1.165) is 24.5 Å². The van der Waals surface area contributed by atoms with Crippen LogP contribution in [0.15, 0.2) is 48.5 Å². The molecular weight excluding hydrogens is 239 g/mol. The highest BCUT2D eigenvalue weighted by Gasteiger charge is 2.01. The first-order valence-corrected chi connectivity index (χ1v) is 6.43. The minimum absolute atomic E-state index is 0.199. The maximum Gasteiger partial charge on any atom is 0.123 e. The number of para-hydroxylation sites is 1. The van der Waals surface area contributed by atoms with E-state index in [1.807, 2.05) is 19.2 Å². The Kier molecular flexibility index (Phi) is 4.39. The highest BCUT2D eigenvalue weighted by atomic mass is 19.1. The van der Waals surface area contributed by atoms with Crippen LogP contribution in [0.3, 0.4) is 0 Å². The average Bonchev–Trinajstić information content (AvgIpc) is 2.41. The Morgan fingerprint density at radius 2 is 1.74 bits per heavy atom. The van der Waals surface area contributed by atoms with Crippen LogP contribution in [-0.4, -0.2) is 20.1 Å². The SMILES string of the molecule is Cc1ccccc1NCCN(C)c1ccc(F)cc1. The minimum atomic E-state index is -0.199. The lowest BCUT2D eigenvalue weighted by atomic mass is 10.2. The second-order valence-corrected chi connectivity index (χ2v) is 4.64. The lowest BCUT2D eigenvalue weighted by molar-refractivity contribution is 0.627. The number of anilines is 2. The predicted octanol–water partition coefficient (Wildman–Crippen LogP) is 3.68. The highest BCUT2D eigenvalue weighted by Crippen LogP contribution is 2.14. The van der Waals surface area contributed by atoms with Gasteiger partial charge in [-0.3, -0.25) is 0 Å². The molecule has 0 spiro atoms. The number of nitrogens with one attached hydrogen (secondary N) is 1. The van der Waals surface area contributed by atoms with Crippen LogP contribution in [0.25, 0.3) is 0 Å². The molecule has 0 radical (unpaired) electrons. The van der Waals surface area contributed by atoms with E-state index in [2.05, 4.69) is 29.3 Å². The number of halogens is 1. The molecule has 3 heteroatoms. The van der Waals surface area contributed by atoms with Crippen LogP contribution in [0, 0.1) is 12.7 Å². The van der Waals surface area contributed by atoms with E-state index in [-0.39, 0.29) is 5.82 Å². The zero-order valence-corrected chi connectivity index (χ0v) is 11.4. The minimum Gasteiger partial charge on any atom is -0.383 e. The quantitative estimate of drug-likeness (QED) is 0.880. The van der Waals surface area contributed by atoms with E-state index in [9.17, 15) is 4.39 Å². The van der Waals surface area contributed by atoms with Gasteiger partial charge in [0, 0.05) is 31.5 Å². The Morgan fingerprint density at radius 1 is 1.05 bits per heavy atom. The summed E-state index contributed by atoms with van der Waals surface area (Å²) in [5.41, 5.74) is 3.43. The van der Waals surface area contributed by atoms with Gasteiger partial charge in [0.05, 0.1) is 0 Å². The van der Waals surface area contributed by atoms with Crippen LogP contribution in [0.4, 0.5) is 15.8 Å². The largest absolute Gasteiger partial charge is 0.383 e. The summed E-state index contributed by atoms with van der Waals surface area (Å²) in [7, 11) is 2.01. The molecule has 0 atom stereocenters. The van der Waals surface area contributed by atoms with E-state index in [1.54, 1.807) is 12.1 Å². The molecule has 0 aliphatic rings. The van der Waals surface area contributed by atoms with Crippen molar-refractivity contribution in [1.29, 1.82) is 0 Å². The fourth-order valence-electron chi connectivity index (χ4n) is 1.95. The van der Waals surface area contributed by atoms with Crippen molar-refractivity contribution in [1.82, 2.24) is 0 Å². The van der Waals surface area contributed by atoms with E-state index in [1.165, 1.54) is 17.7 Å². The molecule has 0 aromatic heterocycles. The van der Waals surface area contributed by atoms with Crippen molar-refractivity contribution in [2.45, 2.75) is 6.92 Å². The van der Waals surface area contributed by atoms with Gasteiger partial charge in [-0.1, -0.05) is 18.2 Å². The zero-order valence-electron chi connectivity index (χ0n) is 11.4. The molecule has 0 saturated carbocycles. The van der Waals surface area contributed by atoms with Crippen molar-refractivity contribution in [3.05, 3.63) is 59.9 Å². The molecule has 19 heavy (non-hydrogen) atoms. The molecule has 100 valence electrons. The highest BCUT2D eigenvalue weighted by molar-refractivity contribution is 5.51.